The number of hydrogen-bond acceptors (Lipinski definition) is 3. The van der Waals surface area contributed by atoms with Crippen LogP contribution in [0.1, 0.15) is 23.7 Å². The maximum atomic E-state index is 12.4. The van der Waals surface area contributed by atoms with E-state index >= 15 is 0 Å². The largest absolute Gasteiger partial charge is 0.337 e. The van der Waals surface area contributed by atoms with Gasteiger partial charge in [0.1, 0.15) is 0 Å². The van der Waals surface area contributed by atoms with Crippen LogP contribution < -0.4 is 0 Å². The number of aromatic nitrogens is 2. The van der Waals surface area contributed by atoms with Gasteiger partial charge in [-0.15, -0.1) is 0 Å². The van der Waals surface area contributed by atoms with Crippen LogP contribution >= 0.6 is 0 Å². The predicted octanol–water partition coefficient (Wildman–Crippen LogP) is 2.57. The van der Waals surface area contributed by atoms with Crippen molar-refractivity contribution in [2.75, 3.05) is 26.2 Å². The van der Waals surface area contributed by atoms with Gasteiger partial charge in [0.15, 0.2) is 0 Å². The van der Waals surface area contributed by atoms with Crippen molar-refractivity contribution in [2.45, 2.75) is 26.9 Å². The van der Waals surface area contributed by atoms with Crippen LogP contribution in [0.3, 0.4) is 0 Å². The highest BCUT2D eigenvalue weighted by molar-refractivity contribution is 5.92. The summed E-state index contributed by atoms with van der Waals surface area (Å²) in [6, 6.07) is 10.5. The Hall–Kier alpha value is -2.40. The standard InChI is InChI=1S/C20H26N4O/c1-3-24-17(2)19(15-21-24)9-10-20(25)23-13-11-22(12-14-23)16-18-7-5-4-6-8-18/h4-10,15H,3,11-14,16H2,1-2H3/b10-9+. The summed E-state index contributed by atoms with van der Waals surface area (Å²) in [5, 5.41) is 4.31. The number of nitrogens with zero attached hydrogens (tertiary/aromatic N) is 4. The molecule has 1 aliphatic rings. The van der Waals surface area contributed by atoms with Gasteiger partial charge in [-0.2, -0.15) is 5.10 Å². The first-order valence-corrected chi connectivity index (χ1v) is 8.93. The zero-order valence-corrected chi connectivity index (χ0v) is 15.1. The average molecular weight is 338 g/mol. The summed E-state index contributed by atoms with van der Waals surface area (Å²) in [7, 11) is 0. The molecule has 1 aromatic carbocycles. The van der Waals surface area contributed by atoms with Crippen molar-refractivity contribution in [3.05, 3.63) is 59.4 Å². The summed E-state index contributed by atoms with van der Waals surface area (Å²) in [5.41, 5.74) is 3.43. The molecule has 0 spiro atoms. The van der Waals surface area contributed by atoms with Gasteiger partial charge in [-0.3, -0.25) is 14.4 Å². The second kappa shape index (κ2) is 8.12. The third kappa shape index (κ3) is 4.37. The van der Waals surface area contributed by atoms with Crippen molar-refractivity contribution in [3.8, 4) is 0 Å². The Morgan fingerprint density at radius 3 is 2.52 bits per heavy atom. The van der Waals surface area contributed by atoms with Crippen LogP contribution in [-0.4, -0.2) is 51.7 Å². The number of amides is 1. The summed E-state index contributed by atoms with van der Waals surface area (Å²) < 4.78 is 1.94. The van der Waals surface area contributed by atoms with Crippen molar-refractivity contribution in [2.24, 2.45) is 0 Å². The van der Waals surface area contributed by atoms with Gasteiger partial charge < -0.3 is 4.90 Å². The Labute approximate surface area is 149 Å². The van der Waals surface area contributed by atoms with Crippen molar-refractivity contribution < 1.29 is 4.79 Å². The molecule has 132 valence electrons. The summed E-state index contributed by atoms with van der Waals surface area (Å²) >= 11 is 0. The van der Waals surface area contributed by atoms with Gasteiger partial charge in [0, 0.05) is 56.6 Å². The first kappa shape index (κ1) is 17.4. The molecule has 0 aliphatic carbocycles. The molecule has 0 atom stereocenters. The number of carbonyl (C=O) groups is 1. The van der Waals surface area contributed by atoms with Crippen LogP contribution in [0.25, 0.3) is 6.08 Å². The van der Waals surface area contributed by atoms with E-state index in [4.69, 9.17) is 0 Å². The zero-order chi connectivity index (χ0) is 17.6. The third-order valence-corrected chi connectivity index (χ3v) is 4.78. The molecule has 2 heterocycles. The highest BCUT2D eigenvalue weighted by Gasteiger charge is 2.19. The summed E-state index contributed by atoms with van der Waals surface area (Å²) in [6.45, 7) is 9.29. The maximum Gasteiger partial charge on any atom is 0.246 e. The molecule has 0 radical (unpaired) electrons. The van der Waals surface area contributed by atoms with Crippen LogP contribution in [0.5, 0.6) is 0 Å². The Morgan fingerprint density at radius 1 is 1.16 bits per heavy atom. The minimum atomic E-state index is 0.0861. The lowest BCUT2D eigenvalue weighted by Gasteiger charge is -2.34. The van der Waals surface area contributed by atoms with Gasteiger partial charge in [-0.25, -0.2) is 0 Å². The number of aryl methyl sites for hydroxylation is 1. The molecule has 0 bridgehead atoms. The lowest BCUT2D eigenvalue weighted by Crippen LogP contribution is -2.47. The van der Waals surface area contributed by atoms with Gasteiger partial charge in [-0.05, 0) is 25.5 Å². The van der Waals surface area contributed by atoms with E-state index < -0.39 is 0 Å². The molecule has 0 saturated carbocycles. The molecule has 1 aromatic heterocycles. The van der Waals surface area contributed by atoms with Gasteiger partial charge >= 0.3 is 0 Å². The van der Waals surface area contributed by atoms with E-state index in [1.54, 1.807) is 6.08 Å². The molecule has 2 aromatic rings. The van der Waals surface area contributed by atoms with Crippen LogP contribution in [0, 0.1) is 6.92 Å². The van der Waals surface area contributed by atoms with Crippen molar-refractivity contribution in [1.82, 2.24) is 19.6 Å². The molecule has 0 unspecified atom stereocenters. The summed E-state index contributed by atoms with van der Waals surface area (Å²) in [6.07, 6.45) is 5.38. The van der Waals surface area contributed by atoms with Gasteiger partial charge in [0.05, 0.1) is 6.20 Å². The van der Waals surface area contributed by atoms with Crippen molar-refractivity contribution in [1.29, 1.82) is 0 Å². The molecule has 0 N–H and O–H groups in total. The molecule has 1 aliphatic heterocycles. The summed E-state index contributed by atoms with van der Waals surface area (Å²) in [4.78, 5) is 16.7. The molecule has 1 fully saturated rings. The minimum absolute atomic E-state index is 0.0861. The van der Waals surface area contributed by atoms with Crippen LogP contribution in [0.4, 0.5) is 0 Å². The normalized spacial score (nSPS) is 15.8. The molecule has 5 heteroatoms. The number of rotatable bonds is 5. The SMILES string of the molecule is CCn1ncc(/C=C/C(=O)N2CCN(Cc3ccccc3)CC2)c1C. The van der Waals surface area contributed by atoms with Crippen molar-refractivity contribution in [3.63, 3.8) is 0 Å². The second-order valence-electron chi connectivity index (χ2n) is 6.42. The van der Waals surface area contributed by atoms with E-state index in [1.807, 2.05) is 34.8 Å². The van der Waals surface area contributed by atoms with E-state index in [-0.39, 0.29) is 5.91 Å². The lowest BCUT2D eigenvalue weighted by atomic mass is 10.2. The number of carbonyl (C=O) groups excluding carboxylic acids is 1. The second-order valence-corrected chi connectivity index (χ2v) is 6.42. The van der Waals surface area contributed by atoms with Gasteiger partial charge in [-0.1, -0.05) is 30.3 Å². The van der Waals surface area contributed by atoms with E-state index in [0.717, 1.165) is 50.5 Å². The fourth-order valence-corrected chi connectivity index (χ4v) is 3.18. The Kier molecular flexibility index (Phi) is 5.66. The number of hydrogen-bond donors (Lipinski definition) is 0. The highest BCUT2D eigenvalue weighted by Crippen LogP contribution is 2.11. The molecule has 3 rings (SSSR count). The van der Waals surface area contributed by atoms with Crippen LogP contribution in [0.15, 0.2) is 42.6 Å². The average Bonchev–Trinajstić information content (AvgIpc) is 3.01. The number of piperazine rings is 1. The molecule has 25 heavy (non-hydrogen) atoms. The van der Waals surface area contributed by atoms with Gasteiger partial charge in [0.25, 0.3) is 0 Å². The molecular formula is C20H26N4O. The van der Waals surface area contributed by atoms with E-state index in [2.05, 4.69) is 41.2 Å². The lowest BCUT2D eigenvalue weighted by molar-refractivity contribution is -0.127. The Morgan fingerprint density at radius 2 is 1.88 bits per heavy atom. The minimum Gasteiger partial charge on any atom is -0.337 e. The maximum absolute atomic E-state index is 12.4. The van der Waals surface area contributed by atoms with Crippen LogP contribution in [0.2, 0.25) is 0 Å². The zero-order valence-electron chi connectivity index (χ0n) is 15.1. The van der Waals surface area contributed by atoms with E-state index in [0.29, 0.717) is 0 Å². The molecular weight excluding hydrogens is 312 g/mol. The fraction of sp³-hybridized carbons (Fsp3) is 0.400. The fourth-order valence-electron chi connectivity index (χ4n) is 3.18. The Bertz CT molecular complexity index is 727. The quantitative estimate of drug-likeness (QED) is 0.787. The van der Waals surface area contributed by atoms with E-state index in [9.17, 15) is 4.79 Å². The van der Waals surface area contributed by atoms with Crippen molar-refractivity contribution >= 4 is 12.0 Å². The highest BCUT2D eigenvalue weighted by atomic mass is 16.2. The molecule has 1 amide bonds. The summed E-state index contributed by atoms with van der Waals surface area (Å²) in [5.74, 6) is 0.0861. The molecule has 1 saturated heterocycles. The smallest absolute Gasteiger partial charge is 0.246 e. The first-order chi connectivity index (χ1) is 12.2. The monoisotopic (exact) mass is 338 g/mol. The predicted molar refractivity (Wildman–Crippen MR) is 100.0 cm³/mol. The molecule has 5 nitrogen and oxygen atoms in total. The van der Waals surface area contributed by atoms with E-state index in [1.165, 1.54) is 5.56 Å². The number of benzene rings is 1. The first-order valence-electron chi connectivity index (χ1n) is 8.93. The van der Waals surface area contributed by atoms with Gasteiger partial charge in [0.2, 0.25) is 5.91 Å². The topological polar surface area (TPSA) is 41.4 Å². The van der Waals surface area contributed by atoms with Crippen LogP contribution in [-0.2, 0) is 17.9 Å². The Balaban J connectivity index is 1.51. The third-order valence-electron chi connectivity index (χ3n) is 4.78.